The van der Waals surface area contributed by atoms with Crippen LogP contribution in [0.3, 0.4) is 0 Å². The standard InChI is InChI=1S/C18H23NO4S/c1-13-5-7-15(8-6-13)12-24(20,21)19-14(2)17-11-16(22-3)9-10-18(17)23-4/h5-11,14,19H,12H2,1-4H3/t14-/m0/s1. The van der Waals surface area contributed by atoms with Crippen molar-refractivity contribution >= 4 is 10.0 Å². The number of sulfonamides is 1. The van der Waals surface area contributed by atoms with E-state index < -0.39 is 16.1 Å². The summed E-state index contributed by atoms with van der Waals surface area (Å²) in [5, 5.41) is 0. The summed E-state index contributed by atoms with van der Waals surface area (Å²) in [6.45, 7) is 3.75. The van der Waals surface area contributed by atoms with Crippen LogP contribution in [0.25, 0.3) is 0 Å². The summed E-state index contributed by atoms with van der Waals surface area (Å²) >= 11 is 0. The lowest BCUT2D eigenvalue weighted by Gasteiger charge is -2.18. The van der Waals surface area contributed by atoms with Gasteiger partial charge in [-0.1, -0.05) is 29.8 Å². The Labute approximate surface area is 143 Å². The Bertz CT molecular complexity index is 785. The van der Waals surface area contributed by atoms with Gasteiger partial charge >= 0.3 is 0 Å². The van der Waals surface area contributed by atoms with Gasteiger partial charge in [0.2, 0.25) is 10.0 Å². The van der Waals surface area contributed by atoms with Crippen molar-refractivity contribution in [2.24, 2.45) is 0 Å². The summed E-state index contributed by atoms with van der Waals surface area (Å²) in [4.78, 5) is 0. The molecule has 0 unspecified atom stereocenters. The molecule has 0 radical (unpaired) electrons. The Morgan fingerprint density at radius 3 is 2.29 bits per heavy atom. The summed E-state index contributed by atoms with van der Waals surface area (Å²) in [5.74, 6) is 1.20. The molecule has 0 saturated heterocycles. The maximum absolute atomic E-state index is 12.4. The van der Waals surface area contributed by atoms with Gasteiger partial charge in [0.15, 0.2) is 0 Å². The second kappa shape index (κ2) is 7.68. The van der Waals surface area contributed by atoms with Crippen molar-refractivity contribution in [2.45, 2.75) is 25.6 Å². The van der Waals surface area contributed by atoms with Crippen molar-refractivity contribution in [3.8, 4) is 11.5 Å². The number of aryl methyl sites for hydroxylation is 1. The Morgan fingerprint density at radius 1 is 1.04 bits per heavy atom. The average Bonchev–Trinajstić information content (AvgIpc) is 2.55. The van der Waals surface area contributed by atoms with Gasteiger partial charge in [-0.2, -0.15) is 0 Å². The molecule has 1 N–H and O–H groups in total. The molecule has 2 aromatic rings. The van der Waals surface area contributed by atoms with Crippen molar-refractivity contribution < 1.29 is 17.9 Å². The molecule has 130 valence electrons. The summed E-state index contributed by atoms with van der Waals surface area (Å²) < 4.78 is 38.1. The smallest absolute Gasteiger partial charge is 0.216 e. The van der Waals surface area contributed by atoms with Crippen LogP contribution in [0.15, 0.2) is 42.5 Å². The first kappa shape index (κ1) is 18.3. The minimum absolute atomic E-state index is 0.0656. The fraction of sp³-hybridized carbons (Fsp3) is 0.333. The summed E-state index contributed by atoms with van der Waals surface area (Å²) in [6, 6.07) is 12.3. The van der Waals surface area contributed by atoms with Crippen molar-refractivity contribution in [2.75, 3.05) is 14.2 Å². The fourth-order valence-corrected chi connectivity index (χ4v) is 3.84. The molecule has 0 aliphatic carbocycles. The zero-order chi connectivity index (χ0) is 17.7. The fourth-order valence-electron chi connectivity index (χ4n) is 2.46. The quantitative estimate of drug-likeness (QED) is 0.834. The zero-order valence-corrected chi connectivity index (χ0v) is 15.2. The minimum atomic E-state index is -3.49. The van der Waals surface area contributed by atoms with Crippen LogP contribution in [0.5, 0.6) is 11.5 Å². The summed E-state index contributed by atoms with van der Waals surface area (Å²) in [5.41, 5.74) is 2.57. The lowest BCUT2D eigenvalue weighted by Crippen LogP contribution is -2.28. The number of hydrogen-bond acceptors (Lipinski definition) is 4. The van der Waals surface area contributed by atoms with E-state index in [2.05, 4.69) is 4.72 Å². The highest BCUT2D eigenvalue weighted by atomic mass is 32.2. The third-order valence-electron chi connectivity index (χ3n) is 3.74. The van der Waals surface area contributed by atoms with Gasteiger partial charge in [-0.15, -0.1) is 0 Å². The minimum Gasteiger partial charge on any atom is -0.497 e. The van der Waals surface area contributed by atoms with Gasteiger partial charge in [-0.05, 0) is 37.6 Å². The third kappa shape index (κ3) is 4.72. The summed E-state index contributed by atoms with van der Waals surface area (Å²) in [7, 11) is -0.364. The van der Waals surface area contributed by atoms with Crippen LogP contribution in [0, 0.1) is 6.92 Å². The lowest BCUT2D eigenvalue weighted by molar-refractivity contribution is 0.395. The van der Waals surface area contributed by atoms with E-state index in [-0.39, 0.29) is 5.75 Å². The summed E-state index contributed by atoms with van der Waals surface area (Å²) in [6.07, 6.45) is 0. The number of rotatable bonds is 7. The molecular formula is C18H23NO4S. The van der Waals surface area contributed by atoms with Gasteiger partial charge < -0.3 is 9.47 Å². The van der Waals surface area contributed by atoms with Crippen LogP contribution in [-0.4, -0.2) is 22.6 Å². The predicted molar refractivity (Wildman–Crippen MR) is 94.9 cm³/mol. The molecule has 0 aliphatic heterocycles. The van der Waals surface area contributed by atoms with Gasteiger partial charge in [-0.3, -0.25) is 0 Å². The van der Waals surface area contributed by atoms with Gasteiger partial charge in [0, 0.05) is 11.6 Å². The molecule has 0 amide bonds. The molecule has 0 bridgehead atoms. The van der Waals surface area contributed by atoms with E-state index in [1.807, 2.05) is 31.2 Å². The van der Waals surface area contributed by atoms with Crippen molar-refractivity contribution in [3.05, 3.63) is 59.2 Å². The average molecular weight is 349 g/mol. The number of ether oxygens (including phenoxy) is 2. The Kier molecular flexibility index (Phi) is 5.85. The number of methoxy groups -OCH3 is 2. The van der Waals surface area contributed by atoms with E-state index in [1.165, 1.54) is 0 Å². The predicted octanol–water partition coefficient (Wildman–Crippen LogP) is 3.19. The molecule has 0 spiro atoms. The van der Waals surface area contributed by atoms with Crippen LogP contribution in [0.1, 0.15) is 29.7 Å². The topological polar surface area (TPSA) is 64.6 Å². The highest BCUT2D eigenvalue weighted by Crippen LogP contribution is 2.29. The Balaban J connectivity index is 2.18. The molecule has 0 aromatic heterocycles. The molecule has 2 rings (SSSR count). The first-order valence-corrected chi connectivity index (χ1v) is 9.27. The van der Waals surface area contributed by atoms with Gasteiger partial charge in [-0.25, -0.2) is 13.1 Å². The van der Waals surface area contributed by atoms with E-state index in [0.29, 0.717) is 11.5 Å². The van der Waals surface area contributed by atoms with Crippen molar-refractivity contribution in [3.63, 3.8) is 0 Å². The van der Waals surface area contributed by atoms with E-state index >= 15 is 0 Å². The molecule has 24 heavy (non-hydrogen) atoms. The number of hydrogen-bond donors (Lipinski definition) is 1. The maximum atomic E-state index is 12.4. The van der Waals surface area contributed by atoms with E-state index in [0.717, 1.165) is 16.7 Å². The maximum Gasteiger partial charge on any atom is 0.216 e. The van der Waals surface area contributed by atoms with Crippen molar-refractivity contribution in [1.82, 2.24) is 4.72 Å². The molecule has 6 heteroatoms. The van der Waals surface area contributed by atoms with Gasteiger partial charge in [0.1, 0.15) is 11.5 Å². The first-order chi connectivity index (χ1) is 11.3. The van der Waals surface area contributed by atoms with E-state index in [1.54, 1.807) is 39.3 Å². The Hall–Kier alpha value is -2.05. The van der Waals surface area contributed by atoms with Crippen LogP contribution in [-0.2, 0) is 15.8 Å². The normalized spacial score (nSPS) is 12.7. The van der Waals surface area contributed by atoms with E-state index in [9.17, 15) is 8.42 Å². The monoisotopic (exact) mass is 349 g/mol. The van der Waals surface area contributed by atoms with Crippen LogP contribution >= 0.6 is 0 Å². The Morgan fingerprint density at radius 2 is 1.71 bits per heavy atom. The molecular weight excluding hydrogens is 326 g/mol. The van der Waals surface area contributed by atoms with Gasteiger partial charge in [0.25, 0.3) is 0 Å². The number of nitrogens with one attached hydrogen (secondary N) is 1. The highest BCUT2D eigenvalue weighted by molar-refractivity contribution is 7.88. The SMILES string of the molecule is COc1ccc(OC)c([C@H](C)NS(=O)(=O)Cc2ccc(C)cc2)c1. The first-order valence-electron chi connectivity index (χ1n) is 7.62. The molecule has 2 aromatic carbocycles. The largest absolute Gasteiger partial charge is 0.497 e. The van der Waals surface area contributed by atoms with Gasteiger partial charge in [0.05, 0.1) is 20.0 Å². The van der Waals surface area contributed by atoms with Crippen LogP contribution in [0.4, 0.5) is 0 Å². The third-order valence-corrected chi connectivity index (χ3v) is 5.16. The van der Waals surface area contributed by atoms with E-state index in [4.69, 9.17) is 9.47 Å². The molecule has 0 saturated carbocycles. The zero-order valence-electron chi connectivity index (χ0n) is 14.4. The highest BCUT2D eigenvalue weighted by Gasteiger charge is 2.19. The molecule has 0 aliphatic rings. The lowest BCUT2D eigenvalue weighted by atomic mass is 10.1. The molecule has 0 fully saturated rings. The molecule has 5 nitrogen and oxygen atoms in total. The van der Waals surface area contributed by atoms with Crippen LogP contribution < -0.4 is 14.2 Å². The second-order valence-electron chi connectivity index (χ2n) is 5.69. The van der Waals surface area contributed by atoms with Crippen molar-refractivity contribution in [1.29, 1.82) is 0 Å². The van der Waals surface area contributed by atoms with Crippen LogP contribution in [0.2, 0.25) is 0 Å². The number of benzene rings is 2. The second-order valence-corrected chi connectivity index (χ2v) is 7.45. The molecule has 0 heterocycles. The molecule has 1 atom stereocenters.